The Morgan fingerprint density at radius 3 is 2.40 bits per heavy atom. The Labute approximate surface area is 256 Å². The summed E-state index contributed by atoms with van der Waals surface area (Å²) >= 11 is 0. The van der Waals surface area contributed by atoms with Gasteiger partial charge >= 0.3 is 5.97 Å². The second-order valence-electron chi connectivity index (χ2n) is 9.66. The molecule has 0 saturated heterocycles. The molecule has 0 aliphatic carbocycles. The van der Waals surface area contributed by atoms with E-state index in [1.807, 2.05) is 18.0 Å². The van der Waals surface area contributed by atoms with Gasteiger partial charge in [-0.1, -0.05) is 24.3 Å². The second kappa shape index (κ2) is 13.1. The van der Waals surface area contributed by atoms with E-state index in [2.05, 4.69) is 14.7 Å². The molecule has 1 aliphatic heterocycles. The Hall–Kier alpha value is -5.98. The SMILES string of the molecule is COC(=O)/C=C/c1ccc(Oc2c(F)c(Oc3cccc(C4=NCCN4C)c3)nc(Oc3cc(C(=N)N)ccc3O)c2F)cc1. The van der Waals surface area contributed by atoms with Crippen LogP contribution in [-0.4, -0.2) is 59.9 Å². The first-order valence-electron chi connectivity index (χ1n) is 13.4. The average molecular weight is 616 g/mol. The van der Waals surface area contributed by atoms with Crippen LogP contribution in [0.4, 0.5) is 8.78 Å². The highest BCUT2D eigenvalue weighted by molar-refractivity contribution is 6.00. The van der Waals surface area contributed by atoms with Crippen LogP contribution in [0.1, 0.15) is 16.7 Å². The molecule has 13 heteroatoms. The number of hydrogen-bond donors (Lipinski definition) is 3. The van der Waals surface area contributed by atoms with Crippen LogP contribution in [0, 0.1) is 17.0 Å². The maximum absolute atomic E-state index is 15.9. The fourth-order valence-electron chi connectivity index (χ4n) is 4.23. The van der Waals surface area contributed by atoms with E-state index in [1.165, 1.54) is 49.6 Å². The minimum Gasteiger partial charge on any atom is -0.504 e. The number of aliphatic imine (C=N–C) groups is 1. The first-order chi connectivity index (χ1) is 21.6. The summed E-state index contributed by atoms with van der Waals surface area (Å²) in [7, 11) is 3.14. The zero-order valence-electron chi connectivity index (χ0n) is 24.1. The molecule has 5 rings (SSSR count). The number of nitrogens with zero attached hydrogens (tertiary/aromatic N) is 3. The second-order valence-corrected chi connectivity index (χ2v) is 9.66. The van der Waals surface area contributed by atoms with Gasteiger partial charge in [0.2, 0.25) is 17.4 Å². The Morgan fingerprint density at radius 2 is 1.73 bits per heavy atom. The van der Waals surface area contributed by atoms with Crippen LogP contribution in [0.15, 0.2) is 77.8 Å². The number of carbonyl (C=O) groups excluding carboxylic acids is 1. The summed E-state index contributed by atoms with van der Waals surface area (Å²) in [5.41, 5.74) is 7.03. The van der Waals surface area contributed by atoms with Crippen LogP contribution < -0.4 is 19.9 Å². The Kier molecular flexibility index (Phi) is 8.89. The van der Waals surface area contributed by atoms with E-state index in [0.717, 1.165) is 17.9 Å². The monoisotopic (exact) mass is 615 g/mol. The van der Waals surface area contributed by atoms with Crippen molar-refractivity contribution in [2.45, 2.75) is 0 Å². The number of phenolic OH excluding ortho intramolecular Hbond substituents is 1. The van der Waals surface area contributed by atoms with Gasteiger partial charge in [0.1, 0.15) is 23.2 Å². The summed E-state index contributed by atoms with van der Waals surface area (Å²) in [6, 6.07) is 16.5. The number of rotatable bonds is 10. The number of esters is 1. The molecule has 0 amide bonds. The Balaban J connectivity index is 1.53. The highest BCUT2D eigenvalue weighted by atomic mass is 19.1. The van der Waals surface area contributed by atoms with E-state index < -0.39 is 40.9 Å². The normalized spacial score (nSPS) is 12.6. The number of pyridine rings is 1. The van der Waals surface area contributed by atoms with Gasteiger partial charge in [0.05, 0.1) is 13.7 Å². The molecule has 45 heavy (non-hydrogen) atoms. The first kappa shape index (κ1) is 30.5. The van der Waals surface area contributed by atoms with E-state index in [9.17, 15) is 9.90 Å². The molecule has 0 radical (unpaired) electrons. The predicted molar refractivity (Wildman–Crippen MR) is 161 cm³/mol. The van der Waals surface area contributed by atoms with Crippen molar-refractivity contribution in [2.24, 2.45) is 10.7 Å². The molecule has 0 bridgehead atoms. The average Bonchev–Trinajstić information content (AvgIpc) is 3.47. The number of halogens is 2. The van der Waals surface area contributed by atoms with Crippen LogP contribution in [0.5, 0.6) is 40.5 Å². The van der Waals surface area contributed by atoms with Gasteiger partial charge in [-0.2, -0.15) is 13.8 Å². The zero-order chi connectivity index (χ0) is 32.1. The summed E-state index contributed by atoms with van der Waals surface area (Å²) < 4.78 is 53.2. The minimum atomic E-state index is -1.34. The molecule has 3 aromatic carbocycles. The van der Waals surface area contributed by atoms with E-state index in [4.69, 9.17) is 25.4 Å². The maximum atomic E-state index is 15.9. The Morgan fingerprint density at radius 1 is 1.00 bits per heavy atom. The van der Waals surface area contributed by atoms with Gasteiger partial charge in [0, 0.05) is 30.8 Å². The number of likely N-dealkylation sites (N-methyl/N-ethyl adjacent to an activating group) is 1. The molecule has 1 aromatic heterocycles. The summed E-state index contributed by atoms with van der Waals surface area (Å²) in [6.07, 6.45) is 2.71. The van der Waals surface area contributed by atoms with Crippen LogP contribution in [0.3, 0.4) is 0 Å². The van der Waals surface area contributed by atoms with Gasteiger partial charge in [0.15, 0.2) is 11.5 Å². The summed E-state index contributed by atoms with van der Waals surface area (Å²) in [4.78, 5) is 21.7. The van der Waals surface area contributed by atoms with E-state index in [0.29, 0.717) is 12.1 Å². The number of benzene rings is 3. The van der Waals surface area contributed by atoms with E-state index >= 15 is 8.78 Å². The van der Waals surface area contributed by atoms with Crippen LogP contribution in [-0.2, 0) is 9.53 Å². The Bertz CT molecular complexity index is 1830. The third kappa shape index (κ3) is 6.99. The summed E-state index contributed by atoms with van der Waals surface area (Å²) in [5, 5.41) is 18.0. The lowest BCUT2D eigenvalue weighted by atomic mass is 10.2. The summed E-state index contributed by atoms with van der Waals surface area (Å²) in [5.74, 6) is -5.62. The lowest BCUT2D eigenvalue weighted by Crippen LogP contribution is -2.23. The molecule has 0 saturated carbocycles. The fourth-order valence-corrected chi connectivity index (χ4v) is 4.23. The van der Waals surface area contributed by atoms with Gasteiger partial charge in [-0.15, -0.1) is 0 Å². The van der Waals surface area contributed by atoms with Crippen molar-refractivity contribution in [1.29, 1.82) is 5.41 Å². The van der Waals surface area contributed by atoms with Gasteiger partial charge in [-0.3, -0.25) is 10.4 Å². The molecule has 11 nitrogen and oxygen atoms in total. The number of methoxy groups -OCH3 is 1. The quantitative estimate of drug-likeness (QED) is 0.0895. The number of nitrogens with one attached hydrogen (secondary N) is 1. The predicted octanol–water partition coefficient (Wildman–Crippen LogP) is 5.60. The molecule has 0 spiro atoms. The number of hydrogen-bond acceptors (Lipinski definition) is 10. The number of nitrogen functional groups attached to an aromatic ring is 1. The highest BCUT2D eigenvalue weighted by Gasteiger charge is 2.27. The van der Waals surface area contributed by atoms with Crippen molar-refractivity contribution in [3.8, 4) is 40.5 Å². The fraction of sp³-hybridized carbons (Fsp3) is 0.125. The molecular weight excluding hydrogens is 588 g/mol. The van der Waals surface area contributed by atoms with Gasteiger partial charge in [-0.25, -0.2) is 4.79 Å². The lowest BCUT2D eigenvalue weighted by molar-refractivity contribution is -0.134. The molecule has 0 fully saturated rings. The van der Waals surface area contributed by atoms with Gasteiger partial charge in [-0.05, 0) is 54.1 Å². The number of carbonyl (C=O) groups is 1. The zero-order valence-corrected chi connectivity index (χ0v) is 24.1. The smallest absolute Gasteiger partial charge is 0.330 e. The lowest BCUT2D eigenvalue weighted by Gasteiger charge is -2.16. The number of aromatic hydroxyl groups is 1. The highest BCUT2D eigenvalue weighted by Crippen LogP contribution is 2.41. The van der Waals surface area contributed by atoms with Crippen molar-refractivity contribution < 1.29 is 37.6 Å². The molecule has 4 N–H and O–H groups in total. The van der Waals surface area contributed by atoms with Crippen LogP contribution >= 0.6 is 0 Å². The van der Waals surface area contributed by atoms with Crippen molar-refractivity contribution in [3.05, 3.63) is 101 Å². The van der Waals surface area contributed by atoms with Crippen LogP contribution in [0.25, 0.3) is 6.08 Å². The van der Waals surface area contributed by atoms with Crippen molar-refractivity contribution in [1.82, 2.24) is 9.88 Å². The molecule has 4 aromatic rings. The van der Waals surface area contributed by atoms with Crippen molar-refractivity contribution >= 4 is 23.7 Å². The van der Waals surface area contributed by atoms with E-state index in [-0.39, 0.29) is 28.6 Å². The molecule has 230 valence electrons. The largest absolute Gasteiger partial charge is 0.504 e. The van der Waals surface area contributed by atoms with Crippen LogP contribution in [0.2, 0.25) is 0 Å². The first-order valence-corrected chi connectivity index (χ1v) is 13.4. The third-order valence-electron chi connectivity index (χ3n) is 6.53. The van der Waals surface area contributed by atoms with Gasteiger partial charge < -0.3 is 34.7 Å². The molecule has 0 unspecified atom stereocenters. The number of ether oxygens (including phenoxy) is 4. The molecule has 0 atom stereocenters. The van der Waals surface area contributed by atoms with Crippen molar-refractivity contribution in [2.75, 3.05) is 27.2 Å². The third-order valence-corrected chi connectivity index (χ3v) is 6.53. The van der Waals surface area contributed by atoms with Crippen molar-refractivity contribution in [3.63, 3.8) is 0 Å². The molecular formula is C32H27F2N5O6. The number of phenols is 1. The minimum absolute atomic E-state index is 0.0387. The topological polar surface area (TPSA) is 153 Å². The molecule has 1 aliphatic rings. The summed E-state index contributed by atoms with van der Waals surface area (Å²) in [6.45, 7) is 1.38. The standard InChI is InChI=1S/C32H27F2N5O6/c1-39-15-14-37-30(39)20-4-3-5-22(16-20)44-31-26(33)28(43-21-10-6-18(7-11-21)8-13-25(41)42-2)27(34)32(38-31)45-24-17-19(29(35)36)9-12-23(24)40/h3-13,16-17,40H,14-15H2,1-2H3,(H3,35,36)/b13-8+. The number of amidine groups is 2. The van der Waals surface area contributed by atoms with Gasteiger partial charge in [0.25, 0.3) is 11.8 Å². The number of aromatic nitrogens is 1. The van der Waals surface area contributed by atoms with E-state index in [1.54, 1.807) is 30.3 Å². The molecule has 2 heterocycles. The maximum Gasteiger partial charge on any atom is 0.330 e. The number of nitrogens with two attached hydrogens (primary N) is 1.